The highest BCUT2D eigenvalue weighted by atomic mass is 32.1. The number of hydrogen-bond donors (Lipinski definition) is 1. The number of aryl methyl sites for hydroxylation is 1. The number of amides is 1. The van der Waals surface area contributed by atoms with E-state index in [0.29, 0.717) is 23.1 Å². The number of aromatic nitrogens is 2. The second kappa shape index (κ2) is 6.67. The third-order valence-electron chi connectivity index (χ3n) is 2.82. The fourth-order valence-corrected chi connectivity index (χ4v) is 2.91. The molecule has 0 atom stereocenters. The van der Waals surface area contributed by atoms with E-state index in [1.165, 1.54) is 11.3 Å². The number of thiazole rings is 2. The first kappa shape index (κ1) is 14.7. The largest absolute Gasteiger partial charge is 0.487 e. The van der Waals surface area contributed by atoms with Crippen molar-refractivity contribution in [2.75, 3.05) is 5.32 Å². The lowest BCUT2D eigenvalue weighted by Crippen LogP contribution is -2.11. The lowest BCUT2D eigenvalue weighted by molar-refractivity contribution is 0.102. The number of carbonyl (C=O) groups is 1. The molecule has 3 rings (SSSR count). The summed E-state index contributed by atoms with van der Waals surface area (Å²) in [6, 6.07) is 7.00. The van der Waals surface area contributed by atoms with E-state index in [1.54, 1.807) is 41.8 Å². The topological polar surface area (TPSA) is 64.1 Å². The molecular weight excluding hydrogens is 318 g/mol. The summed E-state index contributed by atoms with van der Waals surface area (Å²) >= 11 is 2.98. The van der Waals surface area contributed by atoms with Gasteiger partial charge in [0.1, 0.15) is 12.4 Å². The normalized spacial score (nSPS) is 10.4. The van der Waals surface area contributed by atoms with Crippen LogP contribution in [-0.2, 0) is 6.61 Å². The summed E-state index contributed by atoms with van der Waals surface area (Å²) in [6.07, 6.45) is 1.65. The fourth-order valence-electron chi connectivity index (χ4n) is 1.79. The van der Waals surface area contributed by atoms with Crippen molar-refractivity contribution in [3.63, 3.8) is 0 Å². The van der Waals surface area contributed by atoms with E-state index >= 15 is 0 Å². The Labute approximate surface area is 135 Å². The highest BCUT2D eigenvalue weighted by Crippen LogP contribution is 2.17. The van der Waals surface area contributed by atoms with E-state index < -0.39 is 0 Å². The first-order chi connectivity index (χ1) is 10.7. The summed E-state index contributed by atoms with van der Waals surface area (Å²) in [6.45, 7) is 2.39. The van der Waals surface area contributed by atoms with Gasteiger partial charge in [-0.05, 0) is 31.2 Å². The highest BCUT2D eigenvalue weighted by Gasteiger charge is 2.08. The molecule has 1 aromatic carbocycles. The average Bonchev–Trinajstić information content (AvgIpc) is 3.17. The Morgan fingerprint density at radius 3 is 2.73 bits per heavy atom. The molecule has 0 fully saturated rings. The predicted molar refractivity (Wildman–Crippen MR) is 87.7 cm³/mol. The average molecular weight is 331 g/mol. The minimum Gasteiger partial charge on any atom is -0.487 e. The van der Waals surface area contributed by atoms with Gasteiger partial charge in [0.15, 0.2) is 5.13 Å². The van der Waals surface area contributed by atoms with E-state index in [2.05, 4.69) is 15.3 Å². The molecule has 0 saturated heterocycles. The number of hydrogen-bond acceptors (Lipinski definition) is 6. The molecule has 0 bridgehead atoms. The zero-order valence-corrected chi connectivity index (χ0v) is 13.4. The van der Waals surface area contributed by atoms with Gasteiger partial charge in [0.25, 0.3) is 5.91 Å². The summed E-state index contributed by atoms with van der Waals surface area (Å²) in [5.41, 5.74) is 1.47. The van der Waals surface area contributed by atoms with Gasteiger partial charge < -0.3 is 4.74 Å². The number of benzene rings is 1. The third kappa shape index (κ3) is 3.69. The van der Waals surface area contributed by atoms with Crippen molar-refractivity contribution in [1.29, 1.82) is 0 Å². The first-order valence-electron chi connectivity index (χ1n) is 6.55. The summed E-state index contributed by atoms with van der Waals surface area (Å²) < 4.78 is 5.65. The van der Waals surface area contributed by atoms with Gasteiger partial charge >= 0.3 is 0 Å². The van der Waals surface area contributed by atoms with Gasteiger partial charge in [-0.3, -0.25) is 10.1 Å². The molecular formula is C15H13N3O2S2. The van der Waals surface area contributed by atoms with E-state index in [0.717, 1.165) is 10.7 Å². The Morgan fingerprint density at radius 1 is 1.27 bits per heavy atom. The van der Waals surface area contributed by atoms with Crippen molar-refractivity contribution in [1.82, 2.24) is 9.97 Å². The maximum atomic E-state index is 12.0. The molecule has 2 aromatic heterocycles. The third-order valence-corrected chi connectivity index (χ3v) is 4.33. The molecule has 1 N–H and O–H groups in total. The van der Waals surface area contributed by atoms with Gasteiger partial charge in [-0.25, -0.2) is 9.97 Å². The summed E-state index contributed by atoms with van der Waals surface area (Å²) in [5, 5.41) is 8.14. The molecule has 0 radical (unpaired) electrons. The van der Waals surface area contributed by atoms with Crippen LogP contribution in [0.15, 0.2) is 41.2 Å². The molecule has 2 heterocycles. The zero-order valence-electron chi connectivity index (χ0n) is 11.8. The van der Waals surface area contributed by atoms with Crippen LogP contribution in [0.1, 0.15) is 21.1 Å². The van der Waals surface area contributed by atoms with Gasteiger partial charge in [-0.15, -0.1) is 22.7 Å². The second-order valence-electron chi connectivity index (χ2n) is 4.46. The second-order valence-corrected chi connectivity index (χ2v) is 6.42. The van der Waals surface area contributed by atoms with Gasteiger partial charge in [-0.1, -0.05) is 0 Å². The van der Waals surface area contributed by atoms with E-state index in [-0.39, 0.29) is 5.91 Å². The molecule has 1 amide bonds. The van der Waals surface area contributed by atoms with Crippen LogP contribution in [0.2, 0.25) is 0 Å². The number of ether oxygens (including phenoxy) is 1. The Morgan fingerprint density at radius 2 is 2.09 bits per heavy atom. The van der Waals surface area contributed by atoms with Crippen molar-refractivity contribution in [2.45, 2.75) is 13.5 Å². The Hall–Kier alpha value is -2.25. The molecule has 0 aliphatic heterocycles. The van der Waals surface area contributed by atoms with E-state index in [9.17, 15) is 4.79 Å². The molecule has 0 saturated carbocycles. The summed E-state index contributed by atoms with van der Waals surface area (Å²) in [4.78, 5) is 20.4. The van der Waals surface area contributed by atoms with Crippen molar-refractivity contribution >= 4 is 33.7 Å². The van der Waals surface area contributed by atoms with Crippen LogP contribution in [0.25, 0.3) is 0 Å². The van der Waals surface area contributed by atoms with Gasteiger partial charge in [0, 0.05) is 22.5 Å². The van der Waals surface area contributed by atoms with Crippen LogP contribution in [0, 0.1) is 6.92 Å². The smallest absolute Gasteiger partial charge is 0.257 e. The lowest BCUT2D eigenvalue weighted by atomic mass is 10.2. The van der Waals surface area contributed by atoms with Crippen molar-refractivity contribution < 1.29 is 9.53 Å². The first-order valence-corrected chi connectivity index (χ1v) is 8.31. The molecule has 0 aliphatic carbocycles. The molecule has 0 unspecified atom stereocenters. The molecule has 112 valence electrons. The lowest BCUT2D eigenvalue weighted by Gasteiger charge is -2.06. The van der Waals surface area contributed by atoms with Gasteiger partial charge in [0.05, 0.1) is 10.7 Å². The van der Waals surface area contributed by atoms with E-state index in [4.69, 9.17) is 4.74 Å². The quantitative estimate of drug-likeness (QED) is 0.773. The van der Waals surface area contributed by atoms with Crippen LogP contribution < -0.4 is 10.1 Å². The van der Waals surface area contributed by atoms with E-state index in [1.807, 2.05) is 17.7 Å². The van der Waals surface area contributed by atoms with Crippen LogP contribution in [0.5, 0.6) is 5.75 Å². The Bertz CT molecular complexity index is 751. The number of nitrogens with zero attached hydrogens (tertiary/aromatic N) is 2. The van der Waals surface area contributed by atoms with Crippen molar-refractivity contribution in [3.05, 3.63) is 57.5 Å². The maximum Gasteiger partial charge on any atom is 0.257 e. The van der Waals surface area contributed by atoms with Crippen LogP contribution in [-0.4, -0.2) is 15.9 Å². The monoisotopic (exact) mass is 331 g/mol. The van der Waals surface area contributed by atoms with Crippen LogP contribution >= 0.6 is 22.7 Å². The maximum absolute atomic E-state index is 12.0. The molecule has 5 nitrogen and oxygen atoms in total. The van der Waals surface area contributed by atoms with Crippen LogP contribution in [0.4, 0.5) is 5.13 Å². The Balaban J connectivity index is 1.58. The summed E-state index contributed by atoms with van der Waals surface area (Å²) in [7, 11) is 0. The molecule has 22 heavy (non-hydrogen) atoms. The molecule has 3 aromatic rings. The highest BCUT2D eigenvalue weighted by molar-refractivity contribution is 7.13. The standard InChI is InChI=1S/C15H13N3O2S2/c1-10-17-12(9-22-10)8-20-13-4-2-11(3-5-13)14(19)18-15-16-6-7-21-15/h2-7,9H,8H2,1H3,(H,16,18,19). The van der Waals surface area contributed by atoms with Crippen LogP contribution in [0.3, 0.4) is 0 Å². The van der Waals surface area contributed by atoms with Crippen molar-refractivity contribution in [2.24, 2.45) is 0 Å². The van der Waals surface area contributed by atoms with Gasteiger partial charge in [-0.2, -0.15) is 0 Å². The minimum absolute atomic E-state index is 0.184. The number of carbonyl (C=O) groups excluding carboxylic acids is 1. The van der Waals surface area contributed by atoms with Crippen molar-refractivity contribution in [3.8, 4) is 5.75 Å². The number of nitrogens with one attached hydrogen (secondary N) is 1. The molecule has 0 aliphatic rings. The molecule has 7 heteroatoms. The zero-order chi connectivity index (χ0) is 15.4. The number of anilines is 1. The number of rotatable bonds is 5. The SMILES string of the molecule is Cc1nc(COc2ccc(C(=O)Nc3nccs3)cc2)cs1. The minimum atomic E-state index is -0.184. The fraction of sp³-hybridized carbons (Fsp3) is 0.133. The molecule has 0 spiro atoms. The van der Waals surface area contributed by atoms with Gasteiger partial charge in [0.2, 0.25) is 0 Å². The summed E-state index contributed by atoms with van der Waals surface area (Å²) in [5.74, 6) is 0.521. The predicted octanol–water partition coefficient (Wildman–Crippen LogP) is 3.74. The Kier molecular flexibility index (Phi) is 4.45.